The highest BCUT2D eigenvalue weighted by Crippen LogP contribution is 2.23. The predicted octanol–water partition coefficient (Wildman–Crippen LogP) is 1.17. The van der Waals surface area contributed by atoms with Gasteiger partial charge in [-0.15, -0.1) is 0 Å². The van der Waals surface area contributed by atoms with E-state index in [0.29, 0.717) is 24.9 Å². The summed E-state index contributed by atoms with van der Waals surface area (Å²) in [7, 11) is -0.0521. The molecule has 3 rings (SSSR count). The van der Waals surface area contributed by atoms with Crippen LogP contribution in [-0.4, -0.2) is 28.6 Å². The Kier molecular flexibility index (Phi) is 3.93. The highest BCUT2D eigenvalue weighted by Gasteiger charge is 2.30. The van der Waals surface area contributed by atoms with E-state index in [4.69, 9.17) is 0 Å². The number of rotatable bonds is 2. The number of benzene rings is 1. The minimum Gasteiger partial charge on any atom is -0.290 e. The molecule has 23 heavy (non-hydrogen) atoms. The Morgan fingerprint density at radius 3 is 2.57 bits per heavy atom. The molecule has 0 saturated carbocycles. The van der Waals surface area contributed by atoms with Crippen LogP contribution in [0.5, 0.6) is 0 Å². The van der Waals surface area contributed by atoms with Crippen molar-refractivity contribution in [3.05, 3.63) is 51.4 Å². The molecule has 1 aliphatic heterocycles. The quantitative estimate of drug-likeness (QED) is 0.827. The van der Waals surface area contributed by atoms with Gasteiger partial charge in [0.25, 0.3) is 5.56 Å². The Balaban J connectivity index is 2.04. The van der Waals surface area contributed by atoms with E-state index < -0.39 is 10.0 Å². The molecule has 0 spiro atoms. The zero-order valence-corrected chi connectivity index (χ0v) is 14.4. The van der Waals surface area contributed by atoms with Crippen molar-refractivity contribution in [2.75, 3.05) is 6.54 Å². The number of aryl methyl sites for hydroxylation is 1. The SMILES string of the molecule is Cc1cccc(S(=O)(=O)N2CCCc3c(c(=O)n(C)n3C)C2)c1. The van der Waals surface area contributed by atoms with Gasteiger partial charge >= 0.3 is 0 Å². The number of aromatic nitrogens is 2. The average Bonchev–Trinajstić information content (AvgIpc) is 2.71. The second kappa shape index (κ2) is 5.65. The lowest BCUT2D eigenvalue weighted by molar-refractivity contribution is 0.406. The fourth-order valence-corrected chi connectivity index (χ4v) is 4.66. The maximum Gasteiger partial charge on any atom is 0.271 e. The predicted molar refractivity (Wildman–Crippen MR) is 87.7 cm³/mol. The van der Waals surface area contributed by atoms with E-state index in [0.717, 1.165) is 11.3 Å². The summed E-state index contributed by atoms with van der Waals surface area (Å²) < 4.78 is 30.6. The maximum absolute atomic E-state index is 12.9. The Hall–Kier alpha value is -1.86. The highest BCUT2D eigenvalue weighted by molar-refractivity contribution is 7.89. The maximum atomic E-state index is 12.9. The second-order valence-electron chi connectivity index (χ2n) is 6.04. The van der Waals surface area contributed by atoms with E-state index in [2.05, 4.69) is 0 Å². The van der Waals surface area contributed by atoms with Crippen LogP contribution in [0.1, 0.15) is 23.2 Å². The summed E-state index contributed by atoms with van der Waals surface area (Å²) in [4.78, 5) is 12.7. The first-order chi connectivity index (χ1) is 10.8. The van der Waals surface area contributed by atoms with E-state index in [1.807, 2.05) is 24.7 Å². The molecule has 0 N–H and O–H groups in total. The van der Waals surface area contributed by atoms with Crippen molar-refractivity contribution in [2.45, 2.75) is 31.2 Å². The third-order valence-electron chi connectivity index (χ3n) is 4.52. The lowest BCUT2D eigenvalue weighted by atomic mass is 10.2. The molecular weight excluding hydrogens is 314 g/mol. The minimum absolute atomic E-state index is 0.117. The monoisotopic (exact) mass is 335 g/mol. The Morgan fingerprint density at radius 1 is 1.13 bits per heavy atom. The Labute approximate surface area is 136 Å². The summed E-state index contributed by atoms with van der Waals surface area (Å²) in [5.74, 6) is 0. The number of hydrogen-bond acceptors (Lipinski definition) is 3. The third-order valence-corrected chi connectivity index (χ3v) is 6.37. The van der Waals surface area contributed by atoms with Crippen LogP contribution in [0.2, 0.25) is 0 Å². The van der Waals surface area contributed by atoms with Crippen molar-refractivity contribution in [3.8, 4) is 0 Å². The van der Waals surface area contributed by atoms with E-state index >= 15 is 0 Å². The van der Waals surface area contributed by atoms with Crippen LogP contribution in [0, 0.1) is 6.92 Å². The smallest absolute Gasteiger partial charge is 0.271 e. The first kappa shape index (κ1) is 16.0. The molecule has 124 valence electrons. The van der Waals surface area contributed by atoms with Crippen molar-refractivity contribution in [1.29, 1.82) is 0 Å². The van der Waals surface area contributed by atoms with Gasteiger partial charge in [0.2, 0.25) is 10.0 Å². The summed E-state index contributed by atoms with van der Waals surface area (Å²) in [6, 6.07) is 6.89. The normalized spacial score (nSPS) is 16.1. The van der Waals surface area contributed by atoms with Crippen molar-refractivity contribution in [2.24, 2.45) is 14.1 Å². The number of hydrogen-bond donors (Lipinski definition) is 0. The third kappa shape index (κ3) is 2.64. The van der Waals surface area contributed by atoms with Gasteiger partial charge in [-0.3, -0.25) is 14.2 Å². The van der Waals surface area contributed by atoms with Gasteiger partial charge in [-0.1, -0.05) is 12.1 Å². The van der Waals surface area contributed by atoms with Crippen molar-refractivity contribution in [1.82, 2.24) is 13.7 Å². The van der Waals surface area contributed by atoms with Crippen molar-refractivity contribution < 1.29 is 8.42 Å². The molecule has 1 aliphatic rings. The van der Waals surface area contributed by atoms with Crippen LogP contribution < -0.4 is 5.56 Å². The fourth-order valence-electron chi connectivity index (χ4n) is 3.11. The molecule has 0 fully saturated rings. The van der Waals surface area contributed by atoms with Gasteiger partial charge in [-0.25, -0.2) is 8.42 Å². The molecule has 0 bridgehead atoms. The molecule has 0 amide bonds. The van der Waals surface area contributed by atoms with Crippen LogP contribution in [-0.2, 0) is 37.1 Å². The van der Waals surface area contributed by atoms with Crippen molar-refractivity contribution in [3.63, 3.8) is 0 Å². The van der Waals surface area contributed by atoms with E-state index in [1.165, 1.54) is 8.99 Å². The molecule has 0 atom stereocenters. The summed E-state index contributed by atoms with van der Waals surface area (Å²) in [6.45, 7) is 2.43. The zero-order chi connectivity index (χ0) is 16.8. The molecule has 0 radical (unpaired) electrons. The van der Waals surface area contributed by atoms with E-state index in [-0.39, 0.29) is 17.0 Å². The molecule has 7 heteroatoms. The van der Waals surface area contributed by atoms with Gasteiger partial charge in [0.15, 0.2) is 0 Å². The molecule has 6 nitrogen and oxygen atoms in total. The van der Waals surface area contributed by atoms with Gasteiger partial charge in [0.05, 0.1) is 10.5 Å². The second-order valence-corrected chi connectivity index (χ2v) is 7.97. The zero-order valence-electron chi connectivity index (χ0n) is 13.6. The highest BCUT2D eigenvalue weighted by atomic mass is 32.2. The van der Waals surface area contributed by atoms with Crippen molar-refractivity contribution >= 4 is 10.0 Å². The summed E-state index contributed by atoms with van der Waals surface area (Å²) in [5.41, 5.74) is 2.30. The van der Waals surface area contributed by atoms with Crippen LogP contribution in [0.25, 0.3) is 0 Å². The Bertz CT molecular complexity index is 909. The summed E-state index contributed by atoms with van der Waals surface area (Å²) in [6.07, 6.45) is 1.41. The first-order valence-electron chi connectivity index (χ1n) is 7.63. The van der Waals surface area contributed by atoms with Crippen LogP contribution in [0.3, 0.4) is 0 Å². The van der Waals surface area contributed by atoms with E-state index in [9.17, 15) is 13.2 Å². The summed E-state index contributed by atoms with van der Waals surface area (Å²) >= 11 is 0. The first-order valence-corrected chi connectivity index (χ1v) is 9.07. The molecule has 2 heterocycles. The fraction of sp³-hybridized carbons (Fsp3) is 0.438. The van der Waals surface area contributed by atoms with Gasteiger partial charge in [-0.2, -0.15) is 4.31 Å². The van der Waals surface area contributed by atoms with Crippen LogP contribution in [0.4, 0.5) is 0 Å². The molecular formula is C16H21N3O3S. The van der Waals surface area contributed by atoms with Gasteiger partial charge < -0.3 is 0 Å². The van der Waals surface area contributed by atoms with Gasteiger partial charge in [-0.05, 0) is 37.5 Å². The molecule has 0 saturated heterocycles. The molecule has 0 aliphatic carbocycles. The number of sulfonamides is 1. The number of nitrogens with zero attached hydrogens (tertiary/aromatic N) is 3. The largest absolute Gasteiger partial charge is 0.290 e. The molecule has 1 aromatic heterocycles. The molecule has 0 unspecified atom stereocenters. The minimum atomic E-state index is -3.60. The standard InChI is InChI=1S/C16H21N3O3S/c1-12-6-4-7-13(10-12)23(21,22)19-9-5-8-15-14(11-19)16(20)18(3)17(15)2/h4,6-7,10H,5,8-9,11H2,1-3H3. The summed E-state index contributed by atoms with van der Waals surface area (Å²) in [5, 5.41) is 0. The topological polar surface area (TPSA) is 64.3 Å². The van der Waals surface area contributed by atoms with Crippen LogP contribution in [0.15, 0.2) is 34.0 Å². The average molecular weight is 335 g/mol. The molecule has 2 aromatic rings. The molecule has 1 aromatic carbocycles. The van der Waals surface area contributed by atoms with E-state index in [1.54, 1.807) is 25.2 Å². The number of fused-ring (bicyclic) bond motifs is 1. The van der Waals surface area contributed by atoms with Gasteiger partial charge in [0, 0.05) is 32.9 Å². The lowest BCUT2D eigenvalue weighted by Gasteiger charge is -2.20. The lowest BCUT2D eigenvalue weighted by Crippen LogP contribution is -2.33. The van der Waals surface area contributed by atoms with Crippen LogP contribution >= 0.6 is 0 Å². The van der Waals surface area contributed by atoms with Gasteiger partial charge in [0.1, 0.15) is 0 Å². The Morgan fingerprint density at radius 2 is 1.87 bits per heavy atom.